The van der Waals surface area contributed by atoms with E-state index < -0.39 is 96.7 Å². The fraction of sp³-hybridized carbons (Fsp3) is 0.588. The van der Waals surface area contributed by atoms with Crippen LogP contribution in [-0.2, 0) is 44.5 Å². The molecule has 1 saturated carbocycles. The van der Waals surface area contributed by atoms with Crippen LogP contribution in [0, 0.1) is 5.92 Å². The third-order valence-electron chi connectivity index (χ3n) is 10.3. The van der Waals surface area contributed by atoms with Crippen LogP contribution in [0.2, 0.25) is 0 Å². The van der Waals surface area contributed by atoms with Gasteiger partial charge in [-0.1, -0.05) is 37.3 Å². The lowest BCUT2D eigenvalue weighted by Crippen LogP contribution is -2.64. The molecule has 2 aliphatic heterocycles. The lowest BCUT2D eigenvalue weighted by molar-refractivity contribution is -0.143. The molecular weight excluding hydrogens is 731 g/mol. The van der Waals surface area contributed by atoms with E-state index in [-0.39, 0.29) is 47.2 Å². The molecule has 3 fully saturated rings. The van der Waals surface area contributed by atoms with E-state index in [9.17, 15) is 45.9 Å². The first-order valence-corrected chi connectivity index (χ1v) is 21.1. The van der Waals surface area contributed by atoms with E-state index in [4.69, 9.17) is 5.73 Å². The first-order chi connectivity index (χ1) is 24.7. The molecule has 3 heterocycles. The molecule has 53 heavy (non-hydrogen) atoms. The van der Waals surface area contributed by atoms with E-state index in [1.165, 1.54) is 53.9 Å². The van der Waals surface area contributed by atoms with Crippen molar-refractivity contribution < 1.29 is 45.9 Å². The Labute approximate surface area is 307 Å². The third-order valence-corrected chi connectivity index (χ3v) is 13.1. The Hall–Kier alpha value is -4.36. The number of aliphatic imine (C=N–C) groups is 1. The minimum atomic E-state index is -3.56. The Morgan fingerprint density at radius 3 is 2.25 bits per heavy atom. The van der Waals surface area contributed by atoms with Crippen LogP contribution in [0.25, 0.3) is 0 Å². The zero-order valence-corrected chi connectivity index (χ0v) is 31.5. The van der Waals surface area contributed by atoms with Crippen LogP contribution < -0.4 is 11.1 Å². The Morgan fingerprint density at radius 1 is 1.06 bits per heavy atom. The number of carbonyl (C=O) groups excluding carboxylic acids is 5. The van der Waals surface area contributed by atoms with E-state index >= 15 is 0 Å². The van der Waals surface area contributed by atoms with Gasteiger partial charge in [-0.3, -0.25) is 24.0 Å². The molecule has 0 radical (unpaired) electrons. The maximum absolute atomic E-state index is 14.7. The third kappa shape index (κ3) is 9.06. The van der Waals surface area contributed by atoms with Gasteiger partial charge in [0.05, 0.1) is 34.3 Å². The summed E-state index contributed by atoms with van der Waals surface area (Å²) in [5.74, 6) is -5.88. The summed E-state index contributed by atoms with van der Waals surface area (Å²) in [7, 11) is -7.10. The average molecular weight is 776 g/mol. The van der Waals surface area contributed by atoms with Crippen molar-refractivity contribution in [3.05, 3.63) is 41.7 Å². The number of nitrogens with zero attached hydrogens (tertiary/aromatic N) is 5. The average Bonchev–Trinajstić information content (AvgIpc) is 3.77. The molecule has 4 amide bonds. The van der Waals surface area contributed by atoms with Crippen LogP contribution in [0.15, 0.2) is 40.4 Å². The lowest BCUT2D eigenvalue weighted by atomic mass is 9.85. The number of sulfone groups is 2. The second-order valence-corrected chi connectivity index (χ2v) is 19.1. The Bertz CT molecular complexity index is 2020. The van der Waals surface area contributed by atoms with E-state index in [2.05, 4.69) is 20.6 Å². The topological polar surface area (TPSA) is 258 Å². The molecule has 0 unspecified atom stereocenters. The van der Waals surface area contributed by atoms with E-state index in [0.29, 0.717) is 0 Å². The fourth-order valence-corrected chi connectivity index (χ4v) is 9.46. The molecule has 2 atom stereocenters. The van der Waals surface area contributed by atoms with Crippen molar-refractivity contribution in [3.63, 3.8) is 0 Å². The van der Waals surface area contributed by atoms with Gasteiger partial charge in [0.25, 0.3) is 17.7 Å². The lowest BCUT2D eigenvalue weighted by Gasteiger charge is -2.37. The van der Waals surface area contributed by atoms with Gasteiger partial charge in [0.15, 0.2) is 19.7 Å². The molecule has 2 aromatic rings. The highest BCUT2D eigenvalue weighted by atomic mass is 32.2. The summed E-state index contributed by atoms with van der Waals surface area (Å²) >= 11 is 0. The van der Waals surface area contributed by atoms with Gasteiger partial charge in [-0.15, -0.1) is 5.10 Å². The summed E-state index contributed by atoms with van der Waals surface area (Å²) in [6, 6.07) is 3.07. The fourth-order valence-electron chi connectivity index (χ4n) is 7.31. The minimum absolute atomic E-state index is 0.00445. The van der Waals surface area contributed by atoms with Gasteiger partial charge in [-0.25, -0.2) is 26.5 Å². The summed E-state index contributed by atoms with van der Waals surface area (Å²) in [6.45, 7) is 2.88. The first-order valence-electron chi connectivity index (χ1n) is 17.4. The van der Waals surface area contributed by atoms with Crippen molar-refractivity contribution in [3.8, 4) is 0 Å². The number of nitrogens with two attached hydrogens (primary N) is 1. The molecule has 19 heteroatoms. The monoisotopic (exact) mass is 775 g/mol. The Kier molecular flexibility index (Phi) is 11.4. The maximum Gasteiger partial charge on any atom is 0.287 e. The summed E-state index contributed by atoms with van der Waals surface area (Å²) in [6.07, 6.45) is 6.02. The maximum atomic E-state index is 14.7. The van der Waals surface area contributed by atoms with Crippen molar-refractivity contribution in [1.82, 2.24) is 25.2 Å². The first kappa shape index (κ1) is 39.8. The number of likely N-dealkylation sites (tertiary alicyclic amines) is 1. The zero-order valence-electron chi connectivity index (χ0n) is 29.9. The van der Waals surface area contributed by atoms with Gasteiger partial charge in [-0.05, 0) is 63.3 Å². The number of aromatic nitrogens is 3. The molecule has 5 rings (SSSR count). The summed E-state index contributed by atoms with van der Waals surface area (Å²) in [5, 5.41) is 21.5. The Morgan fingerprint density at radius 2 is 1.68 bits per heavy atom. The number of primary amides is 1. The number of nitrogens with one attached hydrogen (secondary N) is 1. The smallest absolute Gasteiger partial charge is 0.287 e. The van der Waals surface area contributed by atoms with Crippen molar-refractivity contribution in [2.45, 2.75) is 99.8 Å². The predicted molar refractivity (Wildman–Crippen MR) is 190 cm³/mol. The highest BCUT2D eigenvalue weighted by Crippen LogP contribution is 2.34. The van der Waals surface area contributed by atoms with Crippen LogP contribution in [0.1, 0.15) is 93.7 Å². The zero-order chi connectivity index (χ0) is 38.9. The van der Waals surface area contributed by atoms with Crippen molar-refractivity contribution in [2.75, 3.05) is 24.3 Å². The summed E-state index contributed by atoms with van der Waals surface area (Å²) < 4.78 is 49.9. The molecule has 0 spiro atoms. The van der Waals surface area contributed by atoms with Gasteiger partial charge in [-0.2, -0.15) is 0 Å². The van der Waals surface area contributed by atoms with Crippen LogP contribution in [0.3, 0.4) is 0 Å². The highest BCUT2D eigenvalue weighted by Gasteiger charge is 2.50. The highest BCUT2D eigenvalue weighted by molar-refractivity contribution is 7.91. The molecule has 0 bridgehead atoms. The van der Waals surface area contributed by atoms with Crippen LogP contribution in [0.5, 0.6) is 0 Å². The molecule has 1 aromatic heterocycles. The normalized spacial score (nSPS) is 22.3. The number of benzene rings is 1. The molecule has 1 aliphatic carbocycles. The van der Waals surface area contributed by atoms with Gasteiger partial charge in [0.1, 0.15) is 22.9 Å². The molecule has 2 saturated heterocycles. The van der Waals surface area contributed by atoms with Crippen molar-refractivity contribution in [2.24, 2.45) is 16.6 Å². The second kappa shape index (κ2) is 15.2. The summed E-state index contributed by atoms with van der Waals surface area (Å²) in [4.78, 5) is 73.2. The molecule has 288 valence electrons. The number of Topliss-reactive ketones (excluding diaryl/α,β-unsaturated/α-hetero) is 1. The summed E-state index contributed by atoms with van der Waals surface area (Å²) in [5.41, 5.74) is 2.20. The number of ketones is 1. The Balaban J connectivity index is 1.54. The standard InChI is InChI=1S/C34H45N7O10S2/c1-33(2,47)27-19-36-39-41(27)23-18-26(31(45)38-34(28(42)29(35)43)13-15-53(50,51)16-14-34)40(20-23)32(46)25(17-21-7-5-4-6-8-21)37-30(44)22-9-11-24(12-10-22)52(3,48)49/h9-12,19,21,23,26,47H,4-8,13-18,20H2,1-3H3,(H2,35,43)(H,38,45)/t23-,26-/m0/s1. The molecule has 17 nitrogen and oxygen atoms in total. The van der Waals surface area contributed by atoms with Crippen LogP contribution >= 0.6 is 0 Å². The van der Waals surface area contributed by atoms with E-state index in [1.807, 2.05) is 0 Å². The SMILES string of the molecule is CC(C)(O)c1cnnn1[C@H]1C[C@@H](C(=O)NC2(C(=O)C(N)=O)CCS(=O)(=O)CC2)N(C(=O)C(CC2CCCCC2)=NC(=O)c2ccc(S(C)(=O)=O)cc2)C1. The number of hydrogen-bond acceptors (Lipinski definition) is 12. The number of aliphatic hydroxyl groups is 1. The second-order valence-electron chi connectivity index (χ2n) is 14.8. The van der Waals surface area contributed by atoms with Crippen LogP contribution in [0.4, 0.5) is 0 Å². The predicted octanol–water partition coefficient (Wildman–Crippen LogP) is 0.421. The van der Waals surface area contributed by atoms with Gasteiger partial charge >= 0.3 is 0 Å². The number of amides is 4. The quantitative estimate of drug-likeness (QED) is 0.207. The molecule has 3 aliphatic rings. The van der Waals surface area contributed by atoms with E-state index in [1.54, 1.807) is 0 Å². The molecule has 4 N–H and O–H groups in total. The number of carbonyl (C=O) groups is 5. The molecular formula is C34H45N7O10S2. The number of rotatable bonds is 11. The minimum Gasteiger partial charge on any atom is -0.384 e. The number of hydrogen-bond donors (Lipinski definition) is 3. The largest absolute Gasteiger partial charge is 0.384 e. The van der Waals surface area contributed by atoms with Gasteiger partial charge < -0.3 is 21.1 Å². The van der Waals surface area contributed by atoms with E-state index in [0.717, 1.165) is 38.4 Å². The van der Waals surface area contributed by atoms with Crippen molar-refractivity contribution in [1.29, 1.82) is 0 Å². The van der Waals surface area contributed by atoms with Crippen LogP contribution in [-0.4, -0.2) is 113 Å². The van der Waals surface area contributed by atoms with Gasteiger partial charge in [0.2, 0.25) is 11.7 Å². The van der Waals surface area contributed by atoms with Crippen molar-refractivity contribution >= 4 is 54.8 Å². The molecule has 1 aromatic carbocycles. The van der Waals surface area contributed by atoms with Gasteiger partial charge in [0, 0.05) is 24.8 Å².